The third-order valence-electron chi connectivity index (χ3n) is 4.20. The summed E-state index contributed by atoms with van der Waals surface area (Å²) < 4.78 is 3.82. The molecule has 0 aliphatic carbocycles. The minimum atomic E-state index is -0.786. The summed E-state index contributed by atoms with van der Waals surface area (Å²) in [4.78, 5) is 29.3. The van der Waals surface area contributed by atoms with E-state index >= 15 is 0 Å². The van der Waals surface area contributed by atoms with Crippen LogP contribution in [0.4, 0.5) is 0 Å². The van der Waals surface area contributed by atoms with Crippen molar-refractivity contribution in [1.29, 1.82) is 0 Å². The molecule has 0 spiro atoms. The fourth-order valence-electron chi connectivity index (χ4n) is 2.92. The van der Waals surface area contributed by atoms with Crippen molar-refractivity contribution >= 4 is 34.7 Å². The molecule has 2 heterocycles. The minimum Gasteiger partial charge on any atom is -0.349 e. The fourth-order valence-corrected chi connectivity index (χ4v) is 4.05. The number of aryl methyl sites for hydroxylation is 1. The zero-order chi connectivity index (χ0) is 21.0. The third-order valence-corrected chi connectivity index (χ3v) is 5.56. The van der Waals surface area contributed by atoms with Gasteiger partial charge in [-0.05, 0) is 56.2 Å². The van der Waals surface area contributed by atoms with Gasteiger partial charge < -0.3 is 10.2 Å². The molecule has 2 aromatic heterocycles. The number of nitrogens with zero attached hydrogens (tertiary/aromatic N) is 3. The molecule has 6 nitrogen and oxygen atoms in total. The van der Waals surface area contributed by atoms with Gasteiger partial charge in [-0.1, -0.05) is 40.4 Å². The van der Waals surface area contributed by atoms with E-state index in [1.807, 2.05) is 69.5 Å². The number of amides is 2. The Hall–Kier alpha value is -2.58. The van der Waals surface area contributed by atoms with Gasteiger partial charge in [-0.15, -0.1) is 16.4 Å². The number of hydrogen-bond donors (Lipinski definition) is 1. The van der Waals surface area contributed by atoms with Gasteiger partial charge in [0, 0.05) is 15.8 Å². The van der Waals surface area contributed by atoms with E-state index in [0.717, 1.165) is 27.5 Å². The molecule has 3 aromatic rings. The van der Waals surface area contributed by atoms with Gasteiger partial charge in [0.05, 0.1) is 6.54 Å². The predicted octanol–water partition coefficient (Wildman–Crippen LogP) is 4.21. The highest BCUT2D eigenvalue weighted by atomic mass is 32.1. The summed E-state index contributed by atoms with van der Waals surface area (Å²) in [6, 6.07) is 10.8. The first-order valence-electron chi connectivity index (χ1n) is 9.23. The highest BCUT2D eigenvalue weighted by molar-refractivity contribution is 7.09. The van der Waals surface area contributed by atoms with Crippen LogP contribution in [0.2, 0.25) is 0 Å². The molecule has 1 N–H and O–H groups in total. The Morgan fingerprint density at radius 2 is 1.90 bits per heavy atom. The van der Waals surface area contributed by atoms with E-state index in [2.05, 4.69) is 14.9 Å². The van der Waals surface area contributed by atoms with Crippen molar-refractivity contribution in [3.63, 3.8) is 0 Å². The van der Waals surface area contributed by atoms with Crippen LogP contribution in [0.15, 0.2) is 47.2 Å². The van der Waals surface area contributed by atoms with Crippen LogP contribution in [0, 0.1) is 6.92 Å². The van der Waals surface area contributed by atoms with Crippen LogP contribution >= 0.6 is 22.9 Å². The normalized spacial score (nSPS) is 12.4. The smallest absolute Gasteiger partial charge is 0.276 e. The van der Waals surface area contributed by atoms with Gasteiger partial charge in [-0.2, -0.15) is 0 Å². The number of aromatic nitrogens is 2. The van der Waals surface area contributed by atoms with Crippen LogP contribution in [0.5, 0.6) is 0 Å². The van der Waals surface area contributed by atoms with Crippen molar-refractivity contribution in [3.05, 3.63) is 68.9 Å². The molecule has 8 heteroatoms. The van der Waals surface area contributed by atoms with Crippen LogP contribution in [-0.4, -0.2) is 31.8 Å². The first-order chi connectivity index (χ1) is 13.7. The van der Waals surface area contributed by atoms with Gasteiger partial charge in [0.1, 0.15) is 6.04 Å². The standard InChI is InChI=1S/C21H24N4O2S2/c1-14-7-9-15(10-8-14)18(19(26)22-21(2,3)4)25(12-16-6-5-11-28-16)20(27)17-13-29-24-23-17/h5-11,13,18H,12H2,1-4H3,(H,22,26)/t18-/m1/s1. The zero-order valence-electron chi connectivity index (χ0n) is 16.9. The lowest BCUT2D eigenvalue weighted by molar-refractivity contribution is -0.127. The molecule has 0 bridgehead atoms. The van der Waals surface area contributed by atoms with E-state index in [0.29, 0.717) is 6.54 Å². The van der Waals surface area contributed by atoms with E-state index in [9.17, 15) is 9.59 Å². The Morgan fingerprint density at radius 3 is 2.45 bits per heavy atom. The first-order valence-corrected chi connectivity index (χ1v) is 11.0. The van der Waals surface area contributed by atoms with Crippen molar-refractivity contribution in [3.8, 4) is 0 Å². The maximum Gasteiger partial charge on any atom is 0.276 e. The molecule has 0 saturated heterocycles. The number of rotatable bonds is 6. The van der Waals surface area contributed by atoms with Crippen molar-refractivity contribution < 1.29 is 9.59 Å². The van der Waals surface area contributed by atoms with E-state index in [1.54, 1.807) is 21.6 Å². The topological polar surface area (TPSA) is 75.2 Å². The van der Waals surface area contributed by atoms with Crippen molar-refractivity contribution in [1.82, 2.24) is 19.8 Å². The molecule has 1 atom stereocenters. The number of nitrogens with one attached hydrogen (secondary N) is 1. The lowest BCUT2D eigenvalue weighted by Crippen LogP contribution is -2.49. The SMILES string of the molecule is Cc1ccc([C@H](C(=O)NC(C)(C)C)N(Cc2cccs2)C(=O)c2csnn2)cc1. The molecule has 1 aromatic carbocycles. The summed E-state index contributed by atoms with van der Waals surface area (Å²) >= 11 is 2.66. The van der Waals surface area contributed by atoms with E-state index in [4.69, 9.17) is 0 Å². The van der Waals surface area contributed by atoms with E-state index in [-0.39, 0.29) is 17.5 Å². The molecule has 152 valence electrons. The second-order valence-electron chi connectivity index (χ2n) is 7.86. The molecule has 0 fully saturated rings. The van der Waals surface area contributed by atoms with Gasteiger partial charge in [0.25, 0.3) is 5.91 Å². The largest absolute Gasteiger partial charge is 0.349 e. The highest BCUT2D eigenvalue weighted by Crippen LogP contribution is 2.28. The molecular formula is C21H24N4O2S2. The van der Waals surface area contributed by atoms with Gasteiger partial charge in [-0.3, -0.25) is 9.59 Å². The summed E-state index contributed by atoms with van der Waals surface area (Å²) in [5.74, 6) is -0.545. The van der Waals surface area contributed by atoms with Crippen LogP contribution in [0.25, 0.3) is 0 Å². The van der Waals surface area contributed by atoms with Gasteiger partial charge >= 0.3 is 0 Å². The van der Waals surface area contributed by atoms with Crippen LogP contribution < -0.4 is 5.32 Å². The lowest BCUT2D eigenvalue weighted by atomic mass is 10.00. The fraction of sp³-hybridized carbons (Fsp3) is 0.333. The summed E-state index contributed by atoms with van der Waals surface area (Å²) in [6.45, 7) is 8.07. The summed E-state index contributed by atoms with van der Waals surface area (Å²) in [5.41, 5.74) is 1.65. The van der Waals surface area contributed by atoms with Crippen LogP contribution in [0.3, 0.4) is 0 Å². The molecule has 0 radical (unpaired) electrons. The summed E-state index contributed by atoms with van der Waals surface area (Å²) in [5, 5.41) is 10.5. The van der Waals surface area contributed by atoms with E-state index < -0.39 is 11.6 Å². The monoisotopic (exact) mass is 428 g/mol. The molecule has 2 amide bonds. The second kappa shape index (κ2) is 8.84. The van der Waals surface area contributed by atoms with Gasteiger partial charge in [0.2, 0.25) is 5.91 Å². The first kappa shape index (κ1) is 21.1. The average Bonchev–Trinajstić information content (AvgIpc) is 3.34. The molecule has 0 aliphatic heterocycles. The Bertz CT molecular complexity index is 946. The Kier molecular flexibility index (Phi) is 6.44. The predicted molar refractivity (Wildman–Crippen MR) is 116 cm³/mol. The summed E-state index contributed by atoms with van der Waals surface area (Å²) in [7, 11) is 0. The molecule has 3 rings (SSSR count). The van der Waals surface area contributed by atoms with Crippen LogP contribution in [0.1, 0.15) is 53.3 Å². The maximum absolute atomic E-state index is 13.4. The van der Waals surface area contributed by atoms with Gasteiger partial charge in [-0.25, -0.2) is 0 Å². The number of hydrogen-bond acceptors (Lipinski definition) is 6. The van der Waals surface area contributed by atoms with Crippen molar-refractivity contribution in [2.45, 2.75) is 45.8 Å². The molecule has 0 saturated carbocycles. The quantitative estimate of drug-likeness (QED) is 0.638. The number of benzene rings is 1. The Morgan fingerprint density at radius 1 is 1.17 bits per heavy atom. The molecule has 29 heavy (non-hydrogen) atoms. The molecule has 0 aliphatic rings. The molecular weight excluding hydrogens is 404 g/mol. The average molecular weight is 429 g/mol. The number of thiophene rings is 1. The number of carbonyl (C=O) groups excluding carboxylic acids is 2. The van der Waals surface area contributed by atoms with Crippen molar-refractivity contribution in [2.24, 2.45) is 0 Å². The second-order valence-corrected chi connectivity index (χ2v) is 9.50. The Balaban J connectivity index is 2.06. The van der Waals surface area contributed by atoms with Gasteiger partial charge in [0.15, 0.2) is 5.69 Å². The summed E-state index contributed by atoms with van der Waals surface area (Å²) in [6.07, 6.45) is 0. The Labute approximate surface area is 178 Å². The highest BCUT2D eigenvalue weighted by Gasteiger charge is 2.34. The zero-order valence-corrected chi connectivity index (χ0v) is 18.5. The lowest BCUT2D eigenvalue weighted by Gasteiger charge is -2.33. The minimum absolute atomic E-state index is 0.227. The maximum atomic E-state index is 13.4. The molecule has 0 unspecified atom stereocenters. The number of carbonyl (C=O) groups is 2. The third kappa shape index (κ3) is 5.48. The van der Waals surface area contributed by atoms with E-state index in [1.165, 1.54) is 0 Å². The van der Waals surface area contributed by atoms with Crippen LogP contribution in [-0.2, 0) is 11.3 Å². The van der Waals surface area contributed by atoms with Crippen molar-refractivity contribution in [2.75, 3.05) is 0 Å².